The van der Waals surface area contributed by atoms with Gasteiger partial charge in [-0.25, -0.2) is 4.98 Å². The van der Waals surface area contributed by atoms with Crippen LogP contribution in [0.3, 0.4) is 0 Å². The van der Waals surface area contributed by atoms with E-state index in [9.17, 15) is 0 Å². The number of nitrogens with zero attached hydrogens (tertiary/aromatic N) is 1. The smallest absolute Gasteiger partial charge is 0.423 e. The van der Waals surface area contributed by atoms with Gasteiger partial charge < -0.3 is 15.0 Å². The molecule has 4 nitrogen and oxygen atoms in total. The highest BCUT2D eigenvalue weighted by molar-refractivity contribution is 6.58. The van der Waals surface area contributed by atoms with E-state index in [0.717, 1.165) is 23.0 Å². The zero-order chi connectivity index (χ0) is 10.1. The summed E-state index contributed by atoms with van der Waals surface area (Å²) in [7, 11) is -1.45. The van der Waals surface area contributed by atoms with Gasteiger partial charge in [0.1, 0.15) is 5.65 Å². The van der Waals surface area contributed by atoms with Crippen molar-refractivity contribution in [2.45, 2.75) is 13.3 Å². The second kappa shape index (κ2) is 3.44. The molecule has 0 saturated heterocycles. The van der Waals surface area contributed by atoms with Crippen molar-refractivity contribution in [3.8, 4) is 0 Å². The largest absolute Gasteiger partial charge is 0.490 e. The highest BCUT2D eigenvalue weighted by atomic mass is 16.4. The number of nitrogens with one attached hydrogen (secondary N) is 1. The van der Waals surface area contributed by atoms with Crippen molar-refractivity contribution in [1.82, 2.24) is 9.97 Å². The van der Waals surface area contributed by atoms with Crippen LogP contribution in [0.1, 0.15) is 12.5 Å². The molecule has 0 amide bonds. The summed E-state index contributed by atoms with van der Waals surface area (Å²) in [6, 6.07) is 1.75. The fourth-order valence-corrected chi connectivity index (χ4v) is 1.51. The maximum absolute atomic E-state index is 8.99. The number of rotatable bonds is 2. The van der Waals surface area contributed by atoms with Gasteiger partial charge in [0.05, 0.1) is 0 Å². The third-order valence-corrected chi connectivity index (χ3v) is 2.32. The second-order valence-electron chi connectivity index (χ2n) is 3.21. The van der Waals surface area contributed by atoms with Gasteiger partial charge in [0.25, 0.3) is 0 Å². The Morgan fingerprint density at radius 3 is 2.93 bits per heavy atom. The minimum absolute atomic E-state index is 0.423. The van der Waals surface area contributed by atoms with Crippen LogP contribution in [0.15, 0.2) is 18.5 Å². The molecule has 0 unspecified atom stereocenters. The molecule has 2 heterocycles. The highest BCUT2D eigenvalue weighted by Gasteiger charge is 2.13. The Hall–Kier alpha value is -1.33. The number of aromatic nitrogens is 2. The number of fused-ring (bicyclic) bond motifs is 1. The van der Waals surface area contributed by atoms with Crippen LogP contribution in [0, 0.1) is 0 Å². The number of hydrogen-bond donors (Lipinski definition) is 3. The molecule has 0 fully saturated rings. The van der Waals surface area contributed by atoms with Crippen molar-refractivity contribution in [2.24, 2.45) is 0 Å². The average molecular weight is 190 g/mol. The Morgan fingerprint density at radius 2 is 2.29 bits per heavy atom. The third-order valence-electron chi connectivity index (χ3n) is 2.32. The summed E-state index contributed by atoms with van der Waals surface area (Å²) in [6.07, 6.45) is 4.25. The van der Waals surface area contributed by atoms with Crippen LogP contribution in [0.2, 0.25) is 0 Å². The van der Waals surface area contributed by atoms with Crippen LogP contribution in [-0.4, -0.2) is 27.1 Å². The van der Waals surface area contributed by atoms with Gasteiger partial charge in [0.15, 0.2) is 0 Å². The third kappa shape index (κ3) is 1.40. The minimum Gasteiger partial charge on any atom is -0.423 e. The lowest BCUT2D eigenvalue weighted by atomic mass is 9.81. The quantitative estimate of drug-likeness (QED) is 0.574. The van der Waals surface area contributed by atoms with Crippen LogP contribution in [0.5, 0.6) is 0 Å². The predicted molar refractivity (Wildman–Crippen MR) is 55.3 cm³/mol. The van der Waals surface area contributed by atoms with Gasteiger partial charge in [0.2, 0.25) is 0 Å². The molecule has 0 aromatic carbocycles. The van der Waals surface area contributed by atoms with E-state index in [2.05, 4.69) is 9.97 Å². The maximum Gasteiger partial charge on any atom is 0.490 e. The van der Waals surface area contributed by atoms with E-state index >= 15 is 0 Å². The van der Waals surface area contributed by atoms with Crippen LogP contribution in [-0.2, 0) is 6.42 Å². The molecule has 3 N–H and O–H groups in total. The van der Waals surface area contributed by atoms with Gasteiger partial charge in [0, 0.05) is 23.2 Å². The van der Waals surface area contributed by atoms with E-state index in [0.29, 0.717) is 5.46 Å². The molecule has 0 bridgehead atoms. The number of hydrogen-bond acceptors (Lipinski definition) is 3. The van der Waals surface area contributed by atoms with Crippen molar-refractivity contribution in [3.63, 3.8) is 0 Å². The first-order valence-corrected chi connectivity index (χ1v) is 4.54. The van der Waals surface area contributed by atoms with Gasteiger partial charge in [-0.05, 0) is 18.1 Å². The molecule has 2 aromatic rings. The van der Waals surface area contributed by atoms with Gasteiger partial charge in [-0.3, -0.25) is 0 Å². The number of aryl methyl sites for hydroxylation is 1. The summed E-state index contributed by atoms with van der Waals surface area (Å²) in [5.74, 6) is 0. The normalized spacial score (nSPS) is 10.8. The molecule has 0 saturated carbocycles. The molecular formula is C9H11BN2O2. The Balaban J connectivity index is 2.61. The van der Waals surface area contributed by atoms with Crippen molar-refractivity contribution >= 4 is 23.6 Å². The lowest BCUT2D eigenvalue weighted by molar-refractivity contribution is 0.425. The van der Waals surface area contributed by atoms with Gasteiger partial charge in [-0.15, -0.1) is 0 Å². The maximum atomic E-state index is 8.99. The zero-order valence-electron chi connectivity index (χ0n) is 7.86. The fourth-order valence-electron chi connectivity index (χ4n) is 1.51. The predicted octanol–water partition coefficient (Wildman–Crippen LogP) is -0.195. The van der Waals surface area contributed by atoms with E-state index < -0.39 is 7.12 Å². The molecule has 0 spiro atoms. The number of pyridine rings is 1. The minimum atomic E-state index is -1.45. The first-order valence-electron chi connectivity index (χ1n) is 4.54. The summed E-state index contributed by atoms with van der Waals surface area (Å²) in [5.41, 5.74) is 2.34. The van der Waals surface area contributed by atoms with Crippen LogP contribution in [0.25, 0.3) is 11.0 Å². The summed E-state index contributed by atoms with van der Waals surface area (Å²) < 4.78 is 0. The molecule has 0 aliphatic rings. The molecule has 0 atom stereocenters. The Bertz CT molecular complexity index is 453. The lowest BCUT2D eigenvalue weighted by Crippen LogP contribution is -2.29. The SMILES string of the molecule is CCc1c[nH]c2ncc(B(O)O)cc12. The van der Waals surface area contributed by atoms with Gasteiger partial charge in [-0.1, -0.05) is 6.92 Å². The van der Waals surface area contributed by atoms with E-state index in [1.807, 2.05) is 13.1 Å². The fraction of sp³-hybridized carbons (Fsp3) is 0.222. The summed E-state index contributed by atoms with van der Waals surface area (Å²) in [4.78, 5) is 7.13. The monoisotopic (exact) mass is 190 g/mol. The first-order chi connectivity index (χ1) is 6.72. The Kier molecular flexibility index (Phi) is 2.27. The number of aromatic amines is 1. The Labute approximate surface area is 81.8 Å². The summed E-state index contributed by atoms with van der Waals surface area (Å²) in [6.45, 7) is 2.05. The van der Waals surface area contributed by atoms with Crippen molar-refractivity contribution in [1.29, 1.82) is 0 Å². The van der Waals surface area contributed by atoms with Crippen LogP contribution >= 0.6 is 0 Å². The molecule has 2 aromatic heterocycles. The lowest BCUT2D eigenvalue weighted by Gasteiger charge is -1.99. The summed E-state index contributed by atoms with van der Waals surface area (Å²) in [5, 5.41) is 18.9. The molecular weight excluding hydrogens is 179 g/mol. The van der Waals surface area contributed by atoms with Crippen molar-refractivity contribution in [3.05, 3.63) is 24.0 Å². The highest BCUT2D eigenvalue weighted by Crippen LogP contribution is 2.14. The topological polar surface area (TPSA) is 69.1 Å². The van der Waals surface area contributed by atoms with E-state index in [1.165, 1.54) is 6.20 Å². The van der Waals surface area contributed by atoms with E-state index in [4.69, 9.17) is 10.0 Å². The molecule has 0 aliphatic carbocycles. The van der Waals surface area contributed by atoms with Crippen LogP contribution in [0.4, 0.5) is 0 Å². The molecule has 0 aliphatic heterocycles. The first kappa shape index (κ1) is 9.24. The van der Waals surface area contributed by atoms with E-state index in [1.54, 1.807) is 6.07 Å². The molecule has 2 rings (SSSR count). The van der Waals surface area contributed by atoms with Crippen molar-refractivity contribution in [2.75, 3.05) is 0 Å². The van der Waals surface area contributed by atoms with E-state index in [-0.39, 0.29) is 0 Å². The number of H-pyrrole nitrogens is 1. The molecule has 0 radical (unpaired) electrons. The Morgan fingerprint density at radius 1 is 1.50 bits per heavy atom. The summed E-state index contributed by atoms with van der Waals surface area (Å²) >= 11 is 0. The zero-order valence-corrected chi connectivity index (χ0v) is 7.86. The van der Waals surface area contributed by atoms with Gasteiger partial charge >= 0.3 is 7.12 Å². The molecule has 14 heavy (non-hydrogen) atoms. The standard InChI is InChI=1S/C9H11BN2O2/c1-2-6-4-11-9-8(6)3-7(5-12-9)10(13)14/h3-5,13-14H,2H2,1H3,(H,11,12). The average Bonchev–Trinajstić information content (AvgIpc) is 2.59. The second-order valence-corrected chi connectivity index (χ2v) is 3.21. The van der Waals surface area contributed by atoms with Gasteiger partial charge in [-0.2, -0.15) is 0 Å². The molecule has 5 heteroatoms. The van der Waals surface area contributed by atoms with Crippen molar-refractivity contribution < 1.29 is 10.0 Å². The van der Waals surface area contributed by atoms with Crippen LogP contribution < -0.4 is 5.46 Å². The molecule has 72 valence electrons.